The highest BCUT2D eigenvalue weighted by atomic mass is 16.5. The lowest BCUT2D eigenvalue weighted by molar-refractivity contribution is 0.0593. The zero-order valence-corrected chi connectivity index (χ0v) is 11.0. The zero-order chi connectivity index (χ0) is 14.1. The Labute approximate surface area is 111 Å². The predicted octanol–water partition coefficient (Wildman–Crippen LogP) is 0.630. The van der Waals surface area contributed by atoms with Gasteiger partial charge in [-0.05, 0) is 0 Å². The van der Waals surface area contributed by atoms with Crippen LogP contribution < -0.4 is 4.90 Å². The van der Waals surface area contributed by atoms with Crippen molar-refractivity contribution in [3.63, 3.8) is 0 Å². The largest absolute Gasteiger partial charge is 0.464 e. The van der Waals surface area contributed by atoms with E-state index >= 15 is 0 Å². The summed E-state index contributed by atoms with van der Waals surface area (Å²) in [5, 5.41) is 8.65. The van der Waals surface area contributed by atoms with Crippen LogP contribution in [0.15, 0.2) is 12.4 Å². The van der Waals surface area contributed by atoms with Crippen molar-refractivity contribution in [2.75, 3.05) is 38.8 Å². The van der Waals surface area contributed by atoms with Crippen molar-refractivity contribution < 1.29 is 14.3 Å². The van der Waals surface area contributed by atoms with Crippen LogP contribution in [0.2, 0.25) is 0 Å². The molecule has 0 saturated heterocycles. The number of methoxy groups -OCH3 is 2. The van der Waals surface area contributed by atoms with Crippen LogP contribution in [0.5, 0.6) is 0 Å². The Balaban J connectivity index is 2.88. The van der Waals surface area contributed by atoms with Gasteiger partial charge in [-0.3, -0.25) is 4.98 Å². The first-order valence-corrected chi connectivity index (χ1v) is 5.74. The molecule has 1 rings (SSSR count). The highest BCUT2D eigenvalue weighted by Gasteiger charge is 2.13. The Hall–Kier alpha value is -2.20. The molecule has 0 aliphatic carbocycles. The molecular formula is C12H16N4O3. The first kappa shape index (κ1) is 14.9. The molecule has 0 aromatic carbocycles. The van der Waals surface area contributed by atoms with Crippen molar-refractivity contribution in [3.8, 4) is 6.07 Å². The lowest BCUT2D eigenvalue weighted by atomic mass is 10.3. The Kier molecular flexibility index (Phi) is 6.26. The second kappa shape index (κ2) is 8.00. The van der Waals surface area contributed by atoms with Crippen LogP contribution in [0.1, 0.15) is 16.9 Å². The molecule has 0 bridgehead atoms. The number of nitriles is 1. The van der Waals surface area contributed by atoms with Crippen molar-refractivity contribution in [2.45, 2.75) is 6.42 Å². The molecule has 19 heavy (non-hydrogen) atoms. The molecule has 0 spiro atoms. The third-order valence-corrected chi connectivity index (χ3v) is 2.40. The molecule has 1 aromatic heterocycles. The van der Waals surface area contributed by atoms with Crippen LogP contribution in [0, 0.1) is 11.3 Å². The minimum atomic E-state index is -0.540. The van der Waals surface area contributed by atoms with Gasteiger partial charge >= 0.3 is 5.97 Å². The van der Waals surface area contributed by atoms with Gasteiger partial charge in [0.1, 0.15) is 5.82 Å². The second-order valence-corrected chi connectivity index (χ2v) is 3.64. The number of esters is 1. The topological polar surface area (TPSA) is 88.3 Å². The maximum absolute atomic E-state index is 11.4. The van der Waals surface area contributed by atoms with E-state index in [-0.39, 0.29) is 5.69 Å². The van der Waals surface area contributed by atoms with Gasteiger partial charge in [0.05, 0.1) is 38.6 Å². The van der Waals surface area contributed by atoms with E-state index in [9.17, 15) is 4.79 Å². The van der Waals surface area contributed by atoms with Gasteiger partial charge in [-0.1, -0.05) is 0 Å². The van der Waals surface area contributed by atoms with E-state index in [1.807, 2.05) is 4.90 Å². The summed E-state index contributed by atoms with van der Waals surface area (Å²) in [4.78, 5) is 21.4. The molecule has 0 aliphatic heterocycles. The van der Waals surface area contributed by atoms with Crippen molar-refractivity contribution >= 4 is 11.8 Å². The lowest BCUT2D eigenvalue weighted by Gasteiger charge is -2.21. The van der Waals surface area contributed by atoms with Crippen LogP contribution in [0.4, 0.5) is 5.82 Å². The van der Waals surface area contributed by atoms with Crippen molar-refractivity contribution in [2.24, 2.45) is 0 Å². The summed E-state index contributed by atoms with van der Waals surface area (Å²) >= 11 is 0. The van der Waals surface area contributed by atoms with Crippen LogP contribution in [0.25, 0.3) is 0 Å². The predicted molar refractivity (Wildman–Crippen MR) is 67.7 cm³/mol. The average molecular weight is 264 g/mol. The highest BCUT2D eigenvalue weighted by Crippen LogP contribution is 2.10. The van der Waals surface area contributed by atoms with Gasteiger partial charge in [0.2, 0.25) is 0 Å². The molecule has 102 valence electrons. The molecule has 1 heterocycles. The Morgan fingerprint density at radius 3 is 2.84 bits per heavy atom. The number of anilines is 1. The first-order chi connectivity index (χ1) is 9.22. The standard InChI is InChI=1S/C12H16N4O3/c1-18-7-6-16(5-3-4-13)11-9-14-8-10(15-11)12(17)19-2/h8-9H,3,5-7H2,1-2H3. The number of hydrogen-bond donors (Lipinski definition) is 0. The molecule has 0 unspecified atom stereocenters. The van der Waals surface area contributed by atoms with Gasteiger partial charge in [-0.15, -0.1) is 0 Å². The lowest BCUT2D eigenvalue weighted by Crippen LogP contribution is -2.29. The number of ether oxygens (including phenoxy) is 2. The van der Waals surface area contributed by atoms with Crippen LogP contribution in [-0.4, -0.2) is 49.9 Å². The normalized spacial score (nSPS) is 9.74. The molecule has 7 nitrogen and oxygen atoms in total. The number of hydrogen-bond acceptors (Lipinski definition) is 7. The summed E-state index contributed by atoms with van der Waals surface area (Å²) in [5.74, 6) is -0.0171. The van der Waals surface area contributed by atoms with Crippen molar-refractivity contribution in [1.29, 1.82) is 5.26 Å². The highest BCUT2D eigenvalue weighted by molar-refractivity contribution is 5.87. The monoisotopic (exact) mass is 264 g/mol. The molecule has 1 aromatic rings. The molecule has 0 saturated carbocycles. The fourth-order valence-electron chi connectivity index (χ4n) is 1.44. The van der Waals surface area contributed by atoms with Crippen LogP contribution >= 0.6 is 0 Å². The summed E-state index contributed by atoms with van der Waals surface area (Å²) in [7, 11) is 2.88. The second-order valence-electron chi connectivity index (χ2n) is 3.64. The minimum Gasteiger partial charge on any atom is -0.464 e. The molecular weight excluding hydrogens is 248 g/mol. The number of carbonyl (C=O) groups is 1. The van der Waals surface area contributed by atoms with Gasteiger partial charge in [0.25, 0.3) is 0 Å². The maximum atomic E-state index is 11.4. The Morgan fingerprint density at radius 1 is 1.42 bits per heavy atom. The minimum absolute atomic E-state index is 0.138. The van der Waals surface area contributed by atoms with Crippen molar-refractivity contribution in [1.82, 2.24) is 9.97 Å². The van der Waals surface area contributed by atoms with Gasteiger partial charge < -0.3 is 14.4 Å². The summed E-state index contributed by atoms with van der Waals surface area (Å²) in [6, 6.07) is 2.07. The SMILES string of the molecule is COCCN(CCC#N)c1cncc(C(=O)OC)n1. The van der Waals surface area contributed by atoms with E-state index in [2.05, 4.69) is 20.8 Å². The Bertz CT molecular complexity index is 459. The molecule has 0 N–H and O–H groups in total. The quantitative estimate of drug-likeness (QED) is 0.667. The van der Waals surface area contributed by atoms with E-state index in [0.29, 0.717) is 31.9 Å². The molecule has 0 atom stereocenters. The number of aromatic nitrogens is 2. The molecule has 0 radical (unpaired) electrons. The molecule has 0 amide bonds. The fraction of sp³-hybridized carbons (Fsp3) is 0.500. The summed E-state index contributed by atoms with van der Waals surface area (Å²) in [5.41, 5.74) is 0.138. The molecule has 0 aliphatic rings. The third kappa shape index (κ3) is 4.52. The van der Waals surface area contributed by atoms with Gasteiger partial charge in [-0.2, -0.15) is 5.26 Å². The third-order valence-electron chi connectivity index (χ3n) is 2.40. The van der Waals surface area contributed by atoms with E-state index in [0.717, 1.165) is 0 Å². The first-order valence-electron chi connectivity index (χ1n) is 5.74. The number of rotatable bonds is 7. The van der Waals surface area contributed by atoms with Gasteiger partial charge in [-0.25, -0.2) is 9.78 Å². The summed E-state index contributed by atoms with van der Waals surface area (Å²) in [6.07, 6.45) is 3.24. The maximum Gasteiger partial charge on any atom is 0.358 e. The van der Waals surface area contributed by atoms with Crippen molar-refractivity contribution in [3.05, 3.63) is 18.1 Å². The number of carbonyl (C=O) groups excluding carboxylic acids is 1. The number of nitrogens with zero attached hydrogens (tertiary/aromatic N) is 4. The van der Waals surface area contributed by atoms with Gasteiger partial charge in [0, 0.05) is 20.2 Å². The molecule has 7 heteroatoms. The Morgan fingerprint density at radius 2 is 2.21 bits per heavy atom. The summed E-state index contributed by atoms with van der Waals surface area (Å²) < 4.78 is 9.60. The van der Waals surface area contributed by atoms with Crippen LogP contribution in [0.3, 0.4) is 0 Å². The summed E-state index contributed by atoms with van der Waals surface area (Å²) in [6.45, 7) is 1.56. The average Bonchev–Trinajstić information content (AvgIpc) is 2.46. The van der Waals surface area contributed by atoms with E-state index in [4.69, 9.17) is 10.00 Å². The van der Waals surface area contributed by atoms with Gasteiger partial charge in [0.15, 0.2) is 5.69 Å². The zero-order valence-electron chi connectivity index (χ0n) is 11.0. The van der Waals surface area contributed by atoms with Crippen LogP contribution in [-0.2, 0) is 9.47 Å². The van der Waals surface area contributed by atoms with E-state index < -0.39 is 5.97 Å². The smallest absolute Gasteiger partial charge is 0.358 e. The van der Waals surface area contributed by atoms with E-state index in [1.165, 1.54) is 13.3 Å². The fourth-order valence-corrected chi connectivity index (χ4v) is 1.44. The van der Waals surface area contributed by atoms with E-state index in [1.54, 1.807) is 13.3 Å². The molecule has 0 fully saturated rings.